The van der Waals surface area contributed by atoms with Crippen LogP contribution in [0.3, 0.4) is 0 Å². The lowest BCUT2D eigenvalue weighted by Gasteiger charge is -2.22. The van der Waals surface area contributed by atoms with Crippen molar-refractivity contribution in [3.05, 3.63) is 41.9 Å². The van der Waals surface area contributed by atoms with Crippen LogP contribution in [0.15, 0.2) is 36.9 Å². The Kier molecular flexibility index (Phi) is 4.71. The van der Waals surface area contributed by atoms with Crippen molar-refractivity contribution in [2.24, 2.45) is 0 Å². The van der Waals surface area contributed by atoms with Gasteiger partial charge >= 0.3 is 6.03 Å². The highest BCUT2D eigenvalue weighted by molar-refractivity contribution is 6.30. The van der Waals surface area contributed by atoms with Crippen LogP contribution in [-0.4, -0.2) is 29.6 Å². The lowest BCUT2D eigenvalue weighted by molar-refractivity contribution is 0.207. The van der Waals surface area contributed by atoms with Crippen LogP contribution < -0.4 is 4.90 Å². The van der Waals surface area contributed by atoms with E-state index in [2.05, 4.69) is 20.4 Å². The van der Waals surface area contributed by atoms with Gasteiger partial charge in [0.1, 0.15) is 0 Å². The number of hydrogen-bond donors (Lipinski definition) is 0. The van der Waals surface area contributed by atoms with E-state index >= 15 is 0 Å². The van der Waals surface area contributed by atoms with Crippen molar-refractivity contribution < 1.29 is 4.79 Å². The highest BCUT2D eigenvalue weighted by Gasteiger charge is 2.41. The van der Waals surface area contributed by atoms with Crippen molar-refractivity contribution in [3.8, 4) is 0 Å². The van der Waals surface area contributed by atoms with E-state index in [9.17, 15) is 4.79 Å². The Morgan fingerprint density at radius 1 is 1.35 bits per heavy atom. The minimum atomic E-state index is 0.000492. The van der Waals surface area contributed by atoms with E-state index in [1.807, 2.05) is 40.1 Å². The van der Waals surface area contributed by atoms with Gasteiger partial charge in [-0.25, -0.2) is 4.79 Å². The highest BCUT2D eigenvalue weighted by atomic mass is 35.5. The Bertz CT molecular complexity index is 486. The lowest BCUT2D eigenvalue weighted by Crippen LogP contribution is -2.34. The maximum absolute atomic E-state index is 12.6. The Hall–Kier alpha value is -1.48. The van der Waals surface area contributed by atoms with Crippen LogP contribution >= 0.6 is 11.6 Å². The molecule has 0 aromatic heterocycles. The number of nitrogens with zero attached hydrogens (tertiary/aromatic N) is 2. The van der Waals surface area contributed by atoms with E-state index < -0.39 is 0 Å². The van der Waals surface area contributed by atoms with Crippen molar-refractivity contribution in [1.29, 1.82) is 0 Å². The van der Waals surface area contributed by atoms with Gasteiger partial charge in [-0.1, -0.05) is 31.0 Å². The SMILES string of the molecule is C=CC1C(C)N(CCCC)C(=O)N1c1ccc(Cl)cc1. The molecular formula is C16H21ClN2O. The molecule has 1 saturated heterocycles. The molecule has 1 aliphatic rings. The first-order valence-electron chi connectivity index (χ1n) is 7.08. The second kappa shape index (κ2) is 6.31. The first-order chi connectivity index (χ1) is 9.60. The number of carbonyl (C=O) groups excluding carboxylic acids is 1. The molecule has 0 saturated carbocycles. The first-order valence-corrected chi connectivity index (χ1v) is 7.46. The molecule has 1 heterocycles. The molecule has 108 valence electrons. The van der Waals surface area contributed by atoms with Gasteiger partial charge < -0.3 is 4.90 Å². The van der Waals surface area contributed by atoms with E-state index in [1.54, 1.807) is 0 Å². The van der Waals surface area contributed by atoms with E-state index in [0.29, 0.717) is 5.02 Å². The number of hydrogen-bond acceptors (Lipinski definition) is 1. The fourth-order valence-corrected chi connectivity index (χ4v) is 2.78. The summed E-state index contributed by atoms with van der Waals surface area (Å²) in [7, 11) is 0. The monoisotopic (exact) mass is 292 g/mol. The number of carbonyl (C=O) groups is 1. The molecule has 4 heteroatoms. The maximum Gasteiger partial charge on any atom is 0.325 e. The predicted molar refractivity (Wildman–Crippen MR) is 84.4 cm³/mol. The average Bonchev–Trinajstić information content (AvgIpc) is 2.68. The van der Waals surface area contributed by atoms with Crippen molar-refractivity contribution >= 4 is 23.3 Å². The third kappa shape index (κ3) is 2.68. The fraction of sp³-hybridized carbons (Fsp3) is 0.438. The van der Waals surface area contributed by atoms with Crippen LogP contribution in [0.1, 0.15) is 26.7 Å². The molecule has 1 fully saturated rings. The van der Waals surface area contributed by atoms with Gasteiger partial charge in [0, 0.05) is 17.3 Å². The lowest BCUT2D eigenvalue weighted by atomic mass is 10.1. The van der Waals surface area contributed by atoms with E-state index in [1.165, 1.54) is 0 Å². The number of anilines is 1. The van der Waals surface area contributed by atoms with Crippen LogP contribution in [-0.2, 0) is 0 Å². The molecule has 2 amide bonds. The largest absolute Gasteiger partial charge is 0.325 e. The Labute approximate surface area is 125 Å². The van der Waals surface area contributed by atoms with Crippen LogP contribution in [0.5, 0.6) is 0 Å². The van der Waals surface area contributed by atoms with Crippen LogP contribution in [0, 0.1) is 0 Å². The zero-order chi connectivity index (χ0) is 14.7. The van der Waals surface area contributed by atoms with E-state index in [4.69, 9.17) is 11.6 Å². The van der Waals surface area contributed by atoms with Gasteiger partial charge in [0.2, 0.25) is 0 Å². The zero-order valence-corrected chi connectivity index (χ0v) is 12.8. The van der Waals surface area contributed by atoms with Gasteiger partial charge in [-0.3, -0.25) is 4.90 Å². The maximum atomic E-state index is 12.6. The summed E-state index contributed by atoms with van der Waals surface area (Å²) in [5, 5.41) is 0.673. The Balaban J connectivity index is 2.29. The summed E-state index contributed by atoms with van der Waals surface area (Å²) >= 11 is 5.92. The molecule has 2 atom stereocenters. The normalized spacial score (nSPS) is 22.4. The van der Waals surface area contributed by atoms with Crippen molar-refractivity contribution in [2.75, 3.05) is 11.4 Å². The quantitative estimate of drug-likeness (QED) is 0.741. The third-order valence-corrected chi connectivity index (χ3v) is 4.09. The Morgan fingerprint density at radius 2 is 2.00 bits per heavy atom. The van der Waals surface area contributed by atoms with Gasteiger partial charge in [0.05, 0.1) is 12.1 Å². The summed E-state index contributed by atoms with van der Waals surface area (Å²) in [6.07, 6.45) is 3.95. The zero-order valence-electron chi connectivity index (χ0n) is 12.1. The molecule has 20 heavy (non-hydrogen) atoms. The molecule has 1 aromatic rings. The van der Waals surface area contributed by atoms with E-state index in [-0.39, 0.29) is 18.1 Å². The molecule has 3 nitrogen and oxygen atoms in total. The predicted octanol–water partition coefficient (Wildman–Crippen LogP) is 4.33. The van der Waals surface area contributed by atoms with E-state index in [0.717, 1.165) is 25.1 Å². The highest BCUT2D eigenvalue weighted by Crippen LogP contribution is 2.30. The number of amides is 2. The molecule has 0 bridgehead atoms. The molecular weight excluding hydrogens is 272 g/mol. The second-order valence-electron chi connectivity index (χ2n) is 5.14. The van der Waals surface area contributed by atoms with Crippen molar-refractivity contribution in [2.45, 2.75) is 38.8 Å². The molecule has 2 unspecified atom stereocenters. The number of benzene rings is 1. The molecule has 0 aliphatic carbocycles. The summed E-state index contributed by atoms with van der Waals surface area (Å²) in [4.78, 5) is 16.4. The fourth-order valence-electron chi connectivity index (χ4n) is 2.65. The Morgan fingerprint density at radius 3 is 2.55 bits per heavy atom. The molecule has 0 spiro atoms. The van der Waals surface area contributed by atoms with Gasteiger partial charge in [0.25, 0.3) is 0 Å². The summed E-state index contributed by atoms with van der Waals surface area (Å²) < 4.78 is 0. The standard InChI is InChI=1S/C16H21ClN2O/c1-4-6-11-18-12(3)15(5-2)19(16(18)20)14-9-7-13(17)8-10-14/h5,7-10,12,15H,2,4,6,11H2,1,3H3. The van der Waals surface area contributed by atoms with Crippen LogP contribution in [0.4, 0.5) is 10.5 Å². The second-order valence-corrected chi connectivity index (χ2v) is 5.58. The van der Waals surface area contributed by atoms with Crippen molar-refractivity contribution in [3.63, 3.8) is 0 Å². The topological polar surface area (TPSA) is 23.6 Å². The number of urea groups is 1. The van der Waals surface area contributed by atoms with Gasteiger partial charge in [-0.05, 0) is 37.6 Å². The van der Waals surface area contributed by atoms with Gasteiger partial charge in [0.15, 0.2) is 0 Å². The first kappa shape index (κ1) is 14.9. The summed E-state index contributed by atoms with van der Waals surface area (Å²) in [5.74, 6) is 0. The van der Waals surface area contributed by atoms with Gasteiger partial charge in [-0.2, -0.15) is 0 Å². The number of rotatable bonds is 5. The average molecular weight is 293 g/mol. The summed E-state index contributed by atoms with van der Waals surface area (Å²) in [6, 6.07) is 7.58. The molecule has 1 aromatic carbocycles. The summed E-state index contributed by atoms with van der Waals surface area (Å²) in [5.41, 5.74) is 0.871. The van der Waals surface area contributed by atoms with Crippen LogP contribution in [0.25, 0.3) is 0 Å². The van der Waals surface area contributed by atoms with Gasteiger partial charge in [-0.15, -0.1) is 6.58 Å². The van der Waals surface area contributed by atoms with Crippen molar-refractivity contribution in [1.82, 2.24) is 4.90 Å². The van der Waals surface area contributed by atoms with Crippen LogP contribution in [0.2, 0.25) is 5.02 Å². The molecule has 1 aliphatic heterocycles. The minimum absolute atomic E-state index is 0.000492. The molecule has 2 rings (SSSR count). The minimum Gasteiger partial charge on any atom is -0.319 e. The molecule has 0 N–H and O–H groups in total. The summed E-state index contributed by atoms with van der Waals surface area (Å²) in [6.45, 7) is 8.90. The number of halogens is 1. The number of unbranched alkanes of at least 4 members (excludes halogenated alkanes) is 1. The third-order valence-electron chi connectivity index (χ3n) is 3.83. The smallest absolute Gasteiger partial charge is 0.319 e. The molecule has 0 radical (unpaired) electrons.